The fourth-order valence-electron chi connectivity index (χ4n) is 4.36. The van der Waals surface area contributed by atoms with Crippen LogP contribution in [0.3, 0.4) is 0 Å². The molecule has 7 heteroatoms. The zero-order valence-corrected chi connectivity index (χ0v) is 18.1. The Morgan fingerprint density at radius 1 is 0.970 bits per heavy atom. The number of carboxylic acids is 1. The molecule has 3 aromatic carbocycles. The first-order valence-corrected chi connectivity index (χ1v) is 11.0. The van der Waals surface area contributed by atoms with E-state index < -0.39 is 5.97 Å². The first kappa shape index (κ1) is 20.9. The van der Waals surface area contributed by atoms with Gasteiger partial charge in [0.2, 0.25) is 0 Å². The maximum atomic E-state index is 11.8. The molecule has 2 heterocycles. The molecule has 5 rings (SSSR count). The Labute approximate surface area is 191 Å². The Balaban J connectivity index is 1.49. The molecule has 0 unspecified atom stereocenters. The van der Waals surface area contributed by atoms with Gasteiger partial charge in [-0.25, -0.2) is 9.48 Å². The van der Waals surface area contributed by atoms with Crippen LogP contribution in [0.1, 0.15) is 34.7 Å². The minimum Gasteiger partial charge on any atom is -0.478 e. The zero-order chi connectivity index (χ0) is 22.8. The van der Waals surface area contributed by atoms with E-state index in [0.29, 0.717) is 23.0 Å². The number of nitrogens with zero attached hydrogens (tertiary/aromatic N) is 3. The third-order valence-corrected chi connectivity index (χ3v) is 6.16. The molecule has 1 fully saturated rings. The molecular weight excluding hydrogens is 414 g/mol. The van der Waals surface area contributed by atoms with Gasteiger partial charge in [0.1, 0.15) is 5.69 Å². The predicted molar refractivity (Wildman–Crippen MR) is 128 cm³/mol. The maximum absolute atomic E-state index is 11.8. The second-order valence-corrected chi connectivity index (χ2v) is 8.39. The fraction of sp³-hybridized carbons (Fsp3) is 0.192. The quantitative estimate of drug-likeness (QED) is 0.399. The number of aromatic nitrogens is 3. The second-order valence-electron chi connectivity index (χ2n) is 8.39. The first-order valence-electron chi connectivity index (χ1n) is 11.0. The molecule has 0 aliphatic carbocycles. The van der Waals surface area contributed by atoms with Gasteiger partial charge < -0.3 is 16.2 Å². The fourth-order valence-corrected chi connectivity index (χ4v) is 4.36. The summed E-state index contributed by atoms with van der Waals surface area (Å²) >= 11 is 0. The van der Waals surface area contributed by atoms with Crippen molar-refractivity contribution in [2.75, 3.05) is 18.8 Å². The van der Waals surface area contributed by atoms with Crippen molar-refractivity contribution in [2.45, 2.75) is 18.8 Å². The SMILES string of the molecule is Nc1cccc(-c2cn(-c3cc(C(=O)O)cc(-c4ccc(C5CCNCC5)cc4)c3)nn2)c1. The Bertz CT molecular complexity index is 1290. The average Bonchev–Trinajstić information content (AvgIpc) is 3.35. The number of piperidine rings is 1. The highest BCUT2D eigenvalue weighted by Crippen LogP contribution is 2.30. The van der Waals surface area contributed by atoms with Crippen LogP contribution in [-0.2, 0) is 0 Å². The third-order valence-electron chi connectivity index (χ3n) is 6.16. The molecule has 0 bridgehead atoms. The highest BCUT2D eigenvalue weighted by Gasteiger charge is 2.16. The molecule has 7 nitrogen and oxygen atoms in total. The monoisotopic (exact) mass is 439 g/mol. The van der Waals surface area contributed by atoms with E-state index in [1.807, 2.05) is 30.3 Å². The number of carboxylic acid groups (broad SMARTS) is 1. The van der Waals surface area contributed by atoms with Crippen LogP contribution in [0.4, 0.5) is 5.69 Å². The van der Waals surface area contributed by atoms with Crippen LogP contribution < -0.4 is 11.1 Å². The number of rotatable bonds is 5. The predicted octanol–water partition coefficient (Wildman–Crippen LogP) is 4.35. The number of anilines is 1. The van der Waals surface area contributed by atoms with E-state index in [1.54, 1.807) is 23.0 Å². The Kier molecular flexibility index (Phi) is 5.62. The standard InChI is InChI=1S/C26H25N5O2/c27-23-3-1-2-20(13-23)25-16-31(30-29-25)24-14-21(12-22(15-24)26(32)33)18-6-4-17(5-7-18)19-8-10-28-11-9-19/h1-7,12-16,19,28H,8-11,27H2,(H,32,33). The molecule has 33 heavy (non-hydrogen) atoms. The lowest BCUT2D eigenvalue weighted by Crippen LogP contribution is -2.26. The van der Waals surface area contributed by atoms with Gasteiger partial charge in [0, 0.05) is 11.3 Å². The lowest BCUT2D eigenvalue weighted by atomic mass is 9.89. The van der Waals surface area contributed by atoms with Gasteiger partial charge in [-0.3, -0.25) is 0 Å². The molecule has 166 valence electrons. The minimum atomic E-state index is -0.986. The highest BCUT2D eigenvalue weighted by molar-refractivity contribution is 5.90. The van der Waals surface area contributed by atoms with Crippen molar-refractivity contribution in [3.8, 4) is 28.1 Å². The van der Waals surface area contributed by atoms with Gasteiger partial charge in [0.25, 0.3) is 0 Å². The highest BCUT2D eigenvalue weighted by atomic mass is 16.4. The van der Waals surface area contributed by atoms with Crippen molar-refractivity contribution in [2.24, 2.45) is 0 Å². The smallest absolute Gasteiger partial charge is 0.335 e. The van der Waals surface area contributed by atoms with Gasteiger partial charge in [-0.2, -0.15) is 0 Å². The number of hydrogen-bond acceptors (Lipinski definition) is 5. The normalized spacial score (nSPS) is 14.3. The summed E-state index contributed by atoms with van der Waals surface area (Å²) < 4.78 is 1.60. The average molecular weight is 440 g/mol. The van der Waals surface area contributed by atoms with Gasteiger partial charge in [0.05, 0.1) is 17.4 Å². The van der Waals surface area contributed by atoms with Crippen molar-refractivity contribution in [1.29, 1.82) is 0 Å². The lowest BCUT2D eigenvalue weighted by molar-refractivity contribution is 0.0697. The van der Waals surface area contributed by atoms with E-state index in [4.69, 9.17) is 5.73 Å². The Hall–Kier alpha value is -3.97. The Morgan fingerprint density at radius 2 is 1.76 bits per heavy atom. The number of nitrogens with two attached hydrogens (primary N) is 1. The van der Waals surface area contributed by atoms with Crippen molar-refractivity contribution in [3.63, 3.8) is 0 Å². The first-order chi connectivity index (χ1) is 16.1. The van der Waals surface area contributed by atoms with Crippen LogP contribution in [0.15, 0.2) is 72.9 Å². The molecule has 0 saturated carbocycles. The van der Waals surface area contributed by atoms with Gasteiger partial charge in [-0.15, -0.1) is 5.10 Å². The van der Waals surface area contributed by atoms with Gasteiger partial charge in [0.15, 0.2) is 0 Å². The number of nitrogens with one attached hydrogen (secondary N) is 1. The molecule has 4 N–H and O–H groups in total. The Morgan fingerprint density at radius 3 is 2.48 bits per heavy atom. The molecule has 4 aromatic rings. The van der Waals surface area contributed by atoms with E-state index in [-0.39, 0.29) is 5.56 Å². The molecule has 0 radical (unpaired) electrons. The second kappa shape index (κ2) is 8.88. The van der Waals surface area contributed by atoms with Crippen LogP contribution in [0, 0.1) is 0 Å². The van der Waals surface area contributed by atoms with E-state index in [0.717, 1.165) is 42.6 Å². The zero-order valence-electron chi connectivity index (χ0n) is 18.1. The summed E-state index contributed by atoms with van der Waals surface area (Å²) in [6.07, 6.45) is 4.05. The van der Waals surface area contributed by atoms with Crippen molar-refractivity contribution in [3.05, 3.63) is 84.1 Å². The number of nitrogen functional groups attached to an aromatic ring is 1. The maximum Gasteiger partial charge on any atom is 0.335 e. The van der Waals surface area contributed by atoms with Crippen LogP contribution in [-0.4, -0.2) is 39.2 Å². The molecule has 1 saturated heterocycles. The molecule has 1 aromatic heterocycles. The molecule has 0 spiro atoms. The number of benzene rings is 3. The third kappa shape index (κ3) is 4.49. The van der Waals surface area contributed by atoms with Crippen LogP contribution in [0.25, 0.3) is 28.1 Å². The molecule has 0 amide bonds. The summed E-state index contributed by atoms with van der Waals surface area (Å²) in [7, 11) is 0. The molecular formula is C26H25N5O2. The number of aromatic carboxylic acids is 1. The minimum absolute atomic E-state index is 0.200. The van der Waals surface area contributed by atoms with E-state index in [2.05, 4.69) is 39.9 Å². The van der Waals surface area contributed by atoms with Crippen LogP contribution >= 0.6 is 0 Å². The van der Waals surface area contributed by atoms with Gasteiger partial charge >= 0.3 is 5.97 Å². The largest absolute Gasteiger partial charge is 0.478 e. The summed E-state index contributed by atoms with van der Waals surface area (Å²) in [4.78, 5) is 11.8. The van der Waals surface area contributed by atoms with Crippen molar-refractivity contribution >= 4 is 11.7 Å². The number of carbonyl (C=O) groups is 1. The van der Waals surface area contributed by atoms with Crippen molar-refractivity contribution < 1.29 is 9.90 Å². The van der Waals surface area contributed by atoms with Crippen LogP contribution in [0.2, 0.25) is 0 Å². The molecule has 1 aliphatic heterocycles. The van der Waals surface area contributed by atoms with E-state index in [1.165, 1.54) is 5.56 Å². The van der Waals surface area contributed by atoms with Gasteiger partial charge in [-0.1, -0.05) is 41.6 Å². The van der Waals surface area contributed by atoms with Crippen LogP contribution in [0.5, 0.6) is 0 Å². The molecule has 1 aliphatic rings. The molecule has 0 atom stereocenters. The summed E-state index contributed by atoms with van der Waals surface area (Å²) in [5.74, 6) is -0.414. The number of hydrogen-bond donors (Lipinski definition) is 3. The van der Waals surface area contributed by atoms with Crippen molar-refractivity contribution in [1.82, 2.24) is 20.3 Å². The van der Waals surface area contributed by atoms with Gasteiger partial charge in [-0.05, 0) is 78.9 Å². The topological polar surface area (TPSA) is 106 Å². The lowest BCUT2D eigenvalue weighted by Gasteiger charge is -2.23. The summed E-state index contributed by atoms with van der Waals surface area (Å²) in [6, 6.07) is 21.1. The van der Waals surface area contributed by atoms with E-state index in [9.17, 15) is 9.90 Å². The van der Waals surface area contributed by atoms with E-state index >= 15 is 0 Å². The summed E-state index contributed by atoms with van der Waals surface area (Å²) in [5.41, 5.74) is 12.0. The summed E-state index contributed by atoms with van der Waals surface area (Å²) in [5, 5.41) is 21.6. The summed E-state index contributed by atoms with van der Waals surface area (Å²) in [6.45, 7) is 2.10.